The lowest BCUT2D eigenvalue weighted by molar-refractivity contribution is -0.124. The zero-order chi connectivity index (χ0) is 17.3. The maximum Gasteiger partial charge on any atom is 0.253 e. The van der Waals surface area contributed by atoms with E-state index in [9.17, 15) is 9.59 Å². The van der Waals surface area contributed by atoms with E-state index in [2.05, 4.69) is 0 Å². The molecule has 0 unspecified atom stereocenters. The van der Waals surface area contributed by atoms with Gasteiger partial charge in [-0.05, 0) is 55.9 Å². The van der Waals surface area contributed by atoms with Crippen molar-refractivity contribution in [3.63, 3.8) is 0 Å². The molecule has 2 saturated heterocycles. The molecule has 2 fully saturated rings. The van der Waals surface area contributed by atoms with E-state index in [1.807, 2.05) is 24.0 Å². The molecule has 2 aliphatic rings. The monoisotopic (exact) mass is 350 g/mol. The van der Waals surface area contributed by atoms with E-state index in [0.29, 0.717) is 36.7 Å². The van der Waals surface area contributed by atoms with Crippen LogP contribution in [0.2, 0.25) is 5.02 Å². The number of primary amides is 1. The van der Waals surface area contributed by atoms with Gasteiger partial charge in [0.05, 0.1) is 12.0 Å². The summed E-state index contributed by atoms with van der Waals surface area (Å²) in [4.78, 5) is 26.1. The van der Waals surface area contributed by atoms with Crippen molar-refractivity contribution >= 4 is 23.4 Å². The number of hydrogen-bond donors (Lipinski definition) is 1. The Morgan fingerprint density at radius 3 is 2.54 bits per heavy atom. The Labute approximate surface area is 147 Å². The molecule has 2 N–H and O–H groups in total. The van der Waals surface area contributed by atoms with Gasteiger partial charge in [-0.25, -0.2) is 0 Å². The van der Waals surface area contributed by atoms with Crippen molar-refractivity contribution in [3.05, 3.63) is 34.3 Å². The number of piperidine rings is 1. The molecule has 5 nitrogen and oxygen atoms in total. The van der Waals surface area contributed by atoms with E-state index in [-0.39, 0.29) is 29.8 Å². The largest absolute Gasteiger partial charge is 0.377 e. The SMILES string of the molecule is Cc1cc(Cl)cc(C(=O)N2CCC([C@H]3OCC[C@@H]3C(N)=O)CC2)c1. The second kappa shape index (κ2) is 7.11. The molecule has 24 heavy (non-hydrogen) atoms. The Kier molecular flexibility index (Phi) is 5.11. The predicted molar refractivity (Wildman–Crippen MR) is 91.9 cm³/mol. The van der Waals surface area contributed by atoms with Gasteiger partial charge in [-0.3, -0.25) is 9.59 Å². The molecular weight excluding hydrogens is 328 g/mol. The van der Waals surface area contributed by atoms with E-state index in [1.165, 1.54) is 0 Å². The second-order valence-electron chi connectivity index (χ2n) is 6.78. The number of benzene rings is 1. The minimum atomic E-state index is -0.273. The van der Waals surface area contributed by atoms with Crippen LogP contribution >= 0.6 is 11.6 Å². The summed E-state index contributed by atoms with van der Waals surface area (Å²) in [6, 6.07) is 5.42. The number of halogens is 1. The molecule has 0 bridgehead atoms. The number of nitrogens with two attached hydrogens (primary N) is 1. The molecule has 2 amide bonds. The average molecular weight is 351 g/mol. The van der Waals surface area contributed by atoms with Crippen LogP contribution in [-0.2, 0) is 9.53 Å². The first-order valence-electron chi connectivity index (χ1n) is 8.43. The Bertz CT molecular complexity index is 621. The van der Waals surface area contributed by atoms with Crippen LogP contribution in [0.25, 0.3) is 0 Å². The average Bonchev–Trinajstić information content (AvgIpc) is 3.03. The predicted octanol–water partition coefficient (Wildman–Crippen LogP) is 2.39. The van der Waals surface area contributed by atoms with Gasteiger partial charge in [0.15, 0.2) is 0 Å². The van der Waals surface area contributed by atoms with Gasteiger partial charge in [-0.2, -0.15) is 0 Å². The number of carbonyl (C=O) groups excluding carboxylic acids is 2. The van der Waals surface area contributed by atoms with Gasteiger partial charge < -0.3 is 15.4 Å². The van der Waals surface area contributed by atoms with Crippen LogP contribution in [0.15, 0.2) is 18.2 Å². The van der Waals surface area contributed by atoms with Crippen LogP contribution in [0, 0.1) is 18.8 Å². The topological polar surface area (TPSA) is 72.6 Å². The lowest BCUT2D eigenvalue weighted by Gasteiger charge is -2.35. The molecule has 1 aromatic rings. The van der Waals surface area contributed by atoms with Gasteiger partial charge in [0, 0.05) is 30.3 Å². The Morgan fingerprint density at radius 1 is 1.21 bits per heavy atom. The molecule has 2 aliphatic heterocycles. The molecule has 2 heterocycles. The van der Waals surface area contributed by atoms with Crippen LogP contribution in [0.1, 0.15) is 35.2 Å². The number of amides is 2. The molecule has 0 radical (unpaired) electrons. The minimum absolute atomic E-state index is 0.0119. The maximum absolute atomic E-state index is 12.7. The Balaban J connectivity index is 1.62. The van der Waals surface area contributed by atoms with Gasteiger partial charge in [0.25, 0.3) is 5.91 Å². The highest BCUT2D eigenvalue weighted by molar-refractivity contribution is 6.31. The molecule has 0 aromatic heterocycles. The number of rotatable bonds is 3. The first kappa shape index (κ1) is 17.2. The summed E-state index contributed by atoms with van der Waals surface area (Å²) in [5, 5.41) is 0.580. The Hall–Kier alpha value is -1.59. The third kappa shape index (κ3) is 3.57. The summed E-state index contributed by atoms with van der Waals surface area (Å²) < 4.78 is 5.76. The van der Waals surface area contributed by atoms with Crippen molar-refractivity contribution in [2.45, 2.75) is 32.3 Å². The fourth-order valence-electron chi connectivity index (χ4n) is 3.85. The first-order chi connectivity index (χ1) is 11.5. The summed E-state index contributed by atoms with van der Waals surface area (Å²) in [6.07, 6.45) is 2.29. The minimum Gasteiger partial charge on any atom is -0.377 e. The van der Waals surface area contributed by atoms with E-state index >= 15 is 0 Å². The number of nitrogens with zero attached hydrogens (tertiary/aromatic N) is 1. The molecule has 0 spiro atoms. The van der Waals surface area contributed by atoms with E-state index < -0.39 is 0 Å². The molecule has 1 aromatic carbocycles. The lowest BCUT2D eigenvalue weighted by Crippen LogP contribution is -2.44. The third-order valence-corrected chi connectivity index (χ3v) is 5.30. The quantitative estimate of drug-likeness (QED) is 0.909. The van der Waals surface area contributed by atoms with Crippen molar-refractivity contribution in [3.8, 4) is 0 Å². The molecule has 0 aliphatic carbocycles. The van der Waals surface area contributed by atoms with Crippen molar-refractivity contribution < 1.29 is 14.3 Å². The number of carbonyl (C=O) groups is 2. The summed E-state index contributed by atoms with van der Waals surface area (Å²) in [5.41, 5.74) is 7.09. The van der Waals surface area contributed by atoms with Crippen molar-refractivity contribution in [2.75, 3.05) is 19.7 Å². The number of likely N-dealkylation sites (tertiary alicyclic amines) is 1. The highest BCUT2D eigenvalue weighted by atomic mass is 35.5. The molecule has 130 valence electrons. The van der Waals surface area contributed by atoms with E-state index in [4.69, 9.17) is 22.1 Å². The van der Waals surface area contributed by atoms with E-state index in [1.54, 1.807) is 6.07 Å². The summed E-state index contributed by atoms with van der Waals surface area (Å²) >= 11 is 6.06. The summed E-state index contributed by atoms with van der Waals surface area (Å²) in [7, 11) is 0. The molecule has 2 atom stereocenters. The zero-order valence-corrected chi connectivity index (χ0v) is 14.6. The highest BCUT2D eigenvalue weighted by Gasteiger charge is 2.39. The smallest absolute Gasteiger partial charge is 0.253 e. The highest BCUT2D eigenvalue weighted by Crippen LogP contribution is 2.33. The second-order valence-corrected chi connectivity index (χ2v) is 7.22. The van der Waals surface area contributed by atoms with Crippen molar-refractivity contribution in [2.24, 2.45) is 17.6 Å². The van der Waals surface area contributed by atoms with Crippen molar-refractivity contribution in [1.82, 2.24) is 4.90 Å². The molecule has 6 heteroatoms. The van der Waals surface area contributed by atoms with Crippen LogP contribution in [-0.4, -0.2) is 42.5 Å². The van der Waals surface area contributed by atoms with Crippen LogP contribution < -0.4 is 5.73 Å². The lowest BCUT2D eigenvalue weighted by atomic mass is 9.84. The van der Waals surface area contributed by atoms with Crippen LogP contribution in [0.3, 0.4) is 0 Å². The maximum atomic E-state index is 12.7. The normalized spacial score (nSPS) is 25.0. The zero-order valence-electron chi connectivity index (χ0n) is 13.8. The van der Waals surface area contributed by atoms with Gasteiger partial charge in [-0.1, -0.05) is 11.6 Å². The van der Waals surface area contributed by atoms with Gasteiger partial charge >= 0.3 is 0 Å². The first-order valence-corrected chi connectivity index (χ1v) is 8.81. The third-order valence-electron chi connectivity index (χ3n) is 5.08. The standard InChI is InChI=1S/C18H23ClN2O3/c1-11-8-13(10-14(19)9-11)18(23)21-5-2-12(3-6-21)16-15(17(20)22)4-7-24-16/h8-10,12,15-16H,2-7H2,1H3,(H2,20,22)/t15-,16+/m0/s1. The fourth-order valence-corrected chi connectivity index (χ4v) is 4.14. The Morgan fingerprint density at radius 2 is 1.92 bits per heavy atom. The van der Waals surface area contributed by atoms with Crippen molar-refractivity contribution in [1.29, 1.82) is 0 Å². The molecular formula is C18H23ClN2O3. The van der Waals surface area contributed by atoms with Gasteiger partial charge in [-0.15, -0.1) is 0 Å². The number of aryl methyl sites for hydroxylation is 1. The van der Waals surface area contributed by atoms with E-state index in [0.717, 1.165) is 18.4 Å². The molecule has 3 rings (SSSR count). The van der Waals surface area contributed by atoms with Gasteiger partial charge in [0.1, 0.15) is 0 Å². The number of ether oxygens (including phenoxy) is 1. The number of hydrogen-bond acceptors (Lipinski definition) is 3. The van der Waals surface area contributed by atoms with Crippen LogP contribution in [0.5, 0.6) is 0 Å². The molecule has 0 saturated carbocycles. The van der Waals surface area contributed by atoms with Gasteiger partial charge in [0.2, 0.25) is 5.91 Å². The van der Waals surface area contributed by atoms with Crippen LogP contribution in [0.4, 0.5) is 0 Å². The summed E-state index contributed by atoms with van der Waals surface area (Å²) in [5.74, 6) is -0.161. The fraction of sp³-hybridized carbons (Fsp3) is 0.556. The summed E-state index contributed by atoms with van der Waals surface area (Å²) in [6.45, 7) is 3.86.